The van der Waals surface area contributed by atoms with Crippen molar-refractivity contribution in [3.63, 3.8) is 0 Å². The minimum atomic E-state index is 0.272. The Hall–Kier alpha value is -1.36. The number of aliphatic hydroxyl groups is 1. The van der Waals surface area contributed by atoms with Crippen LogP contribution in [0.25, 0.3) is 6.08 Å². The van der Waals surface area contributed by atoms with Crippen molar-refractivity contribution in [3.8, 4) is 5.75 Å². The standard InChI is InChI=1S/C21H34N2O2/c1-18(2)10-13-23-15-14-22(17-20(23)11-16-24)12-6-8-19-7-4-5-9-21(19)25-3/h4-9,18,20,24H,10-17H2,1-3H3/b8-6+. The third-order valence-electron chi connectivity index (χ3n) is 4.94. The van der Waals surface area contributed by atoms with Crippen molar-refractivity contribution < 1.29 is 9.84 Å². The third-order valence-corrected chi connectivity index (χ3v) is 4.94. The quantitative estimate of drug-likeness (QED) is 0.745. The summed E-state index contributed by atoms with van der Waals surface area (Å²) in [5.41, 5.74) is 1.12. The lowest BCUT2D eigenvalue weighted by Crippen LogP contribution is -2.53. The van der Waals surface area contributed by atoms with Crippen LogP contribution in [-0.2, 0) is 0 Å². The molecule has 140 valence electrons. The monoisotopic (exact) mass is 346 g/mol. The normalized spacial score (nSPS) is 19.8. The maximum atomic E-state index is 9.41. The lowest BCUT2D eigenvalue weighted by molar-refractivity contribution is 0.0621. The number of ether oxygens (including phenoxy) is 1. The number of piperazine rings is 1. The van der Waals surface area contributed by atoms with Gasteiger partial charge in [0.15, 0.2) is 0 Å². The van der Waals surface area contributed by atoms with Gasteiger partial charge in [-0.1, -0.05) is 44.2 Å². The highest BCUT2D eigenvalue weighted by atomic mass is 16.5. The molecule has 0 spiro atoms. The maximum absolute atomic E-state index is 9.41. The molecule has 4 heteroatoms. The van der Waals surface area contributed by atoms with E-state index in [4.69, 9.17) is 4.74 Å². The fraction of sp³-hybridized carbons (Fsp3) is 0.619. The van der Waals surface area contributed by atoms with Crippen molar-refractivity contribution >= 4 is 6.08 Å². The molecule has 1 aliphatic heterocycles. The average Bonchev–Trinajstić information content (AvgIpc) is 2.61. The van der Waals surface area contributed by atoms with Gasteiger partial charge in [0.1, 0.15) is 5.75 Å². The average molecular weight is 347 g/mol. The summed E-state index contributed by atoms with van der Waals surface area (Å²) in [7, 11) is 1.71. The van der Waals surface area contributed by atoms with Gasteiger partial charge in [0.25, 0.3) is 0 Å². The van der Waals surface area contributed by atoms with Crippen LogP contribution in [0.1, 0.15) is 32.3 Å². The van der Waals surface area contributed by atoms with Gasteiger partial charge in [-0.3, -0.25) is 9.80 Å². The fourth-order valence-corrected chi connectivity index (χ4v) is 3.40. The second-order valence-corrected chi connectivity index (χ2v) is 7.29. The molecular weight excluding hydrogens is 312 g/mol. The molecule has 1 aliphatic rings. The van der Waals surface area contributed by atoms with Crippen LogP contribution < -0.4 is 4.74 Å². The Morgan fingerprint density at radius 2 is 2.08 bits per heavy atom. The molecule has 0 radical (unpaired) electrons. The molecule has 1 aromatic carbocycles. The first-order chi connectivity index (χ1) is 12.1. The number of para-hydroxylation sites is 1. The van der Waals surface area contributed by atoms with Crippen molar-refractivity contribution in [2.75, 3.05) is 46.4 Å². The molecule has 1 unspecified atom stereocenters. The van der Waals surface area contributed by atoms with Crippen LogP contribution in [-0.4, -0.2) is 67.4 Å². The fourth-order valence-electron chi connectivity index (χ4n) is 3.40. The summed E-state index contributed by atoms with van der Waals surface area (Å²) >= 11 is 0. The van der Waals surface area contributed by atoms with E-state index in [2.05, 4.69) is 41.9 Å². The first-order valence-electron chi connectivity index (χ1n) is 9.50. The topological polar surface area (TPSA) is 35.9 Å². The van der Waals surface area contributed by atoms with Gasteiger partial charge in [-0.2, -0.15) is 0 Å². The highest BCUT2D eigenvalue weighted by molar-refractivity contribution is 5.57. The van der Waals surface area contributed by atoms with E-state index in [1.165, 1.54) is 6.42 Å². The van der Waals surface area contributed by atoms with Crippen LogP contribution in [0, 0.1) is 5.92 Å². The van der Waals surface area contributed by atoms with Gasteiger partial charge in [0.2, 0.25) is 0 Å². The molecule has 1 fully saturated rings. The van der Waals surface area contributed by atoms with Gasteiger partial charge < -0.3 is 9.84 Å². The zero-order valence-electron chi connectivity index (χ0n) is 16.0. The second kappa shape index (κ2) is 10.6. The van der Waals surface area contributed by atoms with E-state index in [0.717, 1.165) is 56.4 Å². The second-order valence-electron chi connectivity index (χ2n) is 7.29. The van der Waals surface area contributed by atoms with E-state index in [9.17, 15) is 5.11 Å². The van der Waals surface area contributed by atoms with E-state index < -0.39 is 0 Å². The van der Waals surface area contributed by atoms with E-state index >= 15 is 0 Å². The molecular formula is C21H34N2O2. The summed E-state index contributed by atoms with van der Waals surface area (Å²) in [6, 6.07) is 8.56. The number of methoxy groups -OCH3 is 1. The number of nitrogens with zero attached hydrogens (tertiary/aromatic N) is 2. The van der Waals surface area contributed by atoms with Crippen LogP contribution in [0.4, 0.5) is 0 Å². The van der Waals surface area contributed by atoms with Gasteiger partial charge in [0, 0.05) is 44.4 Å². The molecule has 1 saturated heterocycles. The molecule has 0 amide bonds. The Morgan fingerprint density at radius 3 is 2.80 bits per heavy atom. The van der Waals surface area contributed by atoms with Crippen molar-refractivity contribution in [1.82, 2.24) is 9.80 Å². The zero-order chi connectivity index (χ0) is 18.1. The first kappa shape index (κ1) is 20.0. The summed E-state index contributed by atoms with van der Waals surface area (Å²) in [4.78, 5) is 5.05. The van der Waals surface area contributed by atoms with Crippen LogP contribution in [0.15, 0.2) is 30.3 Å². The van der Waals surface area contributed by atoms with Gasteiger partial charge in [-0.25, -0.2) is 0 Å². The molecule has 1 N–H and O–H groups in total. The predicted octanol–water partition coefficient (Wildman–Crippen LogP) is 3.12. The highest BCUT2D eigenvalue weighted by Gasteiger charge is 2.25. The smallest absolute Gasteiger partial charge is 0.126 e. The zero-order valence-corrected chi connectivity index (χ0v) is 16.0. The van der Waals surface area contributed by atoms with Gasteiger partial charge in [-0.15, -0.1) is 0 Å². The van der Waals surface area contributed by atoms with Gasteiger partial charge in [0.05, 0.1) is 7.11 Å². The lowest BCUT2D eigenvalue weighted by Gasteiger charge is -2.41. The van der Waals surface area contributed by atoms with Crippen LogP contribution in [0.2, 0.25) is 0 Å². The number of hydrogen-bond donors (Lipinski definition) is 1. The Morgan fingerprint density at radius 1 is 1.28 bits per heavy atom. The Bertz CT molecular complexity index is 530. The first-order valence-corrected chi connectivity index (χ1v) is 9.50. The maximum Gasteiger partial charge on any atom is 0.126 e. The van der Waals surface area contributed by atoms with Crippen LogP contribution >= 0.6 is 0 Å². The third kappa shape index (κ3) is 6.46. The van der Waals surface area contributed by atoms with Crippen LogP contribution in [0.5, 0.6) is 5.75 Å². The summed E-state index contributed by atoms with van der Waals surface area (Å²) in [5.74, 6) is 1.65. The van der Waals surface area contributed by atoms with Crippen molar-refractivity contribution in [2.45, 2.75) is 32.7 Å². The molecule has 0 aliphatic carbocycles. The minimum absolute atomic E-state index is 0.272. The molecule has 25 heavy (non-hydrogen) atoms. The summed E-state index contributed by atoms with van der Waals surface area (Å²) in [6.07, 6.45) is 6.46. The Labute approximate surface area is 153 Å². The highest BCUT2D eigenvalue weighted by Crippen LogP contribution is 2.19. The molecule has 1 aromatic rings. The number of aliphatic hydroxyl groups excluding tert-OH is 1. The summed E-state index contributed by atoms with van der Waals surface area (Å²) in [5, 5.41) is 9.41. The molecule has 0 aromatic heterocycles. The van der Waals surface area contributed by atoms with E-state index in [1.54, 1.807) is 7.11 Å². The van der Waals surface area contributed by atoms with Crippen molar-refractivity contribution in [1.29, 1.82) is 0 Å². The Balaban J connectivity index is 1.88. The van der Waals surface area contributed by atoms with Crippen LogP contribution in [0.3, 0.4) is 0 Å². The van der Waals surface area contributed by atoms with Crippen molar-refractivity contribution in [3.05, 3.63) is 35.9 Å². The summed E-state index contributed by atoms with van der Waals surface area (Å²) < 4.78 is 5.40. The number of rotatable bonds is 9. The largest absolute Gasteiger partial charge is 0.496 e. The molecule has 2 rings (SSSR count). The van der Waals surface area contributed by atoms with E-state index in [0.29, 0.717) is 6.04 Å². The Kier molecular flexibility index (Phi) is 8.45. The number of hydrogen-bond acceptors (Lipinski definition) is 4. The SMILES string of the molecule is COc1ccccc1/C=C/CN1CCN(CCC(C)C)C(CCO)C1. The molecule has 1 heterocycles. The minimum Gasteiger partial charge on any atom is -0.496 e. The molecule has 0 saturated carbocycles. The molecule has 4 nitrogen and oxygen atoms in total. The number of benzene rings is 1. The van der Waals surface area contributed by atoms with Gasteiger partial charge in [-0.05, 0) is 31.4 Å². The predicted molar refractivity (Wildman–Crippen MR) is 105 cm³/mol. The van der Waals surface area contributed by atoms with Gasteiger partial charge >= 0.3 is 0 Å². The van der Waals surface area contributed by atoms with Crippen molar-refractivity contribution in [2.24, 2.45) is 5.92 Å². The van der Waals surface area contributed by atoms with E-state index in [1.807, 2.05) is 18.2 Å². The van der Waals surface area contributed by atoms with E-state index in [-0.39, 0.29) is 6.61 Å². The molecule has 0 bridgehead atoms. The lowest BCUT2D eigenvalue weighted by atomic mass is 10.1. The molecule has 1 atom stereocenters. The summed E-state index contributed by atoms with van der Waals surface area (Å²) in [6.45, 7) is 10.1.